The van der Waals surface area contributed by atoms with Gasteiger partial charge in [0.2, 0.25) is 0 Å². The number of thiol groups is 1. The first-order valence-electron chi connectivity index (χ1n) is 3.86. The van der Waals surface area contributed by atoms with Gasteiger partial charge in [0.15, 0.2) is 0 Å². The van der Waals surface area contributed by atoms with Crippen LogP contribution in [0.15, 0.2) is 29.2 Å². The highest BCUT2D eigenvalue weighted by Gasteiger charge is 2.09. The van der Waals surface area contributed by atoms with Crippen LogP contribution in [0.1, 0.15) is 18.0 Å². The van der Waals surface area contributed by atoms with E-state index in [-0.39, 0.29) is 6.42 Å². The van der Waals surface area contributed by atoms with Crippen LogP contribution < -0.4 is 5.73 Å². The van der Waals surface area contributed by atoms with Crippen molar-refractivity contribution in [2.24, 2.45) is 5.73 Å². The number of aliphatic carboxylic acids is 1. The lowest BCUT2D eigenvalue weighted by Crippen LogP contribution is -2.14. The summed E-state index contributed by atoms with van der Waals surface area (Å²) in [6, 6.07) is 6.72. The van der Waals surface area contributed by atoms with Gasteiger partial charge >= 0.3 is 5.97 Å². The fourth-order valence-electron chi connectivity index (χ4n) is 1.03. The molecule has 0 saturated carbocycles. The second-order valence-electron chi connectivity index (χ2n) is 2.80. The zero-order valence-corrected chi connectivity index (χ0v) is 7.87. The lowest BCUT2D eigenvalue weighted by molar-refractivity contribution is -0.137. The van der Waals surface area contributed by atoms with Crippen molar-refractivity contribution in [2.45, 2.75) is 17.4 Å². The van der Waals surface area contributed by atoms with E-state index in [1.807, 2.05) is 0 Å². The average molecular weight is 197 g/mol. The molecular weight excluding hydrogens is 186 g/mol. The van der Waals surface area contributed by atoms with E-state index in [0.29, 0.717) is 0 Å². The Morgan fingerprint density at radius 3 is 2.46 bits per heavy atom. The van der Waals surface area contributed by atoms with Gasteiger partial charge in [-0.2, -0.15) is 0 Å². The fraction of sp³-hybridized carbons (Fsp3) is 0.222. The number of hydrogen-bond donors (Lipinski definition) is 3. The second-order valence-corrected chi connectivity index (χ2v) is 3.31. The minimum atomic E-state index is -0.887. The number of carboxylic acid groups (broad SMARTS) is 1. The van der Waals surface area contributed by atoms with Gasteiger partial charge in [-0.05, 0) is 17.7 Å². The van der Waals surface area contributed by atoms with Gasteiger partial charge in [-0.25, -0.2) is 0 Å². The molecule has 0 aromatic heterocycles. The summed E-state index contributed by atoms with van der Waals surface area (Å²) in [5.74, 6) is -0.887. The Hall–Kier alpha value is -1.00. The highest BCUT2D eigenvalue weighted by atomic mass is 32.1. The van der Waals surface area contributed by atoms with E-state index in [4.69, 9.17) is 10.8 Å². The van der Waals surface area contributed by atoms with Crippen molar-refractivity contribution >= 4 is 18.6 Å². The Labute approximate surface area is 82.0 Å². The van der Waals surface area contributed by atoms with E-state index in [2.05, 4.69) is 12.6 Å². The molecule has 0 bridgehead atoms. The maximum absolute atomic E-state index is 10.4. The molecule has 0 saturated heterocycles. The lowest BCUT2D eigenvalue weighted by Gasteiger charge is -2.08. The van der Waals surface area contributed by atoms with E-state index in [0.717, 1.165) is 10.5 Å². The van der Waals surface area contributed by atoms with E-state index >= 15 is 0 Å². The molecule has 0 heterocycles. The summed E-state index contributed by atoms with van der Waals surface area (Å²) in [5, 5.41) is 8.50. The van der Waals surface area contributed by atoms with Gasteiger partial charge in [0.25, 0.3) is 0 Å². The molecule has 0 radical (unpaired) electrons. The number of carboxylic acids is 1. The van der Waals surface area contributed by atoms with Crippen molar-refractivity contribution in [3.8, 4) is 0 Å². The van der Waals surface area contributed by atoms with Crippen molar-refractivity contribution in [1.29, 1.82) is 0 Å². The van der Waals surface area contributed by atoms with Gasteiger partial charge in [-0.3, -0.25) is 4.79 Å². The Bertz CT molecular complexity index is 297. The van der Waals surface area contributed by atoms with Crippen molar-refractivity contribution in [3.63, 3.8) is 0 Å². The molecule has 0 fully saturated rings. The summed E-state index contributed by atoms with van der Waals surface area (Å²) in [6.07, 6.45) is -0.0497. The van der Waals surface area contributed by atoms with Gasteiger partial charge < -0.3 is 10.8 Å². The van der Waals surface area contributed by atoms with Crippen molar-refractivity contribution in [2.75, 3.05) is 0 Å². The molecule has 4 heteroatoms. The van der Waals surface area contributed by atoms with Crippen LogP contribution in [-0.4, -0.2) is 11.1 Å². The first-order valence-corrected chi connectivity index (χ1v) is 4.30. The van der Waals surface area contributed by atoms with E-state index < -0.39 is 12.0 Å². The topological polar surface area (TPSA) is 63.3 Å². The van der Waals surface area contributed by atoms with Gasteiger partial charge in [-0.1, -0.05) is 12.1 Å². The number of hydrogen-bond acceptors (Lipinski definition) is 3. The minimum absolute atomic E-state index is 0.0497. The number of carbonyl (C=O) groups is 1. The highest BCUT2D eigenvalue weighted by molar-refractivity contribution is 7.80. The Kier molecular flexibility index (Phi) is 3.33. The monoisotopic (exact) mass is 197 g/mol. The van der Waals surface area contributed by atoms with Crippen molar-refractivity contribution in [1.82, 2.24) is 0 Å². The molecule has 1 unspecified atom stereocenters. The predicted molar refractivity (Wildman–Crippen MR) is 52.9 cm³/mol. The number of benzene rings is 1. The predicted octanol–water partition coefficient (Wildman–Crippen LogP) is 1.45. The van der Waals surface area contributed by atoms with E-state index in [1.165, 1.54) is 0 Å². The summed E-state index contributed by atoms with van der Waals surface area (Å²) in [6.45, 7) is 0. The lowest BCUT2D eigenvalue weighted by atomic mass is 10.1. The SMILES string of the molecule is NC(CC(=O)O)c1ccc(S)cc1. The van der Waals surface area contributed by atoms with Crippen LogP contribution in [0.2, 0.25) is 0 Å². The Morgan fingerprint density at radius 2 is 2.00 bits per heavy atom. The van der Waals surface area contributed by atoms with Crippen LogP contribution >= 0.6 is 12.6 Å². The molecule has 1 aromatic rings. The second kappa shape index (κ2) is 4.30. The highest BCUT2D eigenvalue weighted by Crippen LogP contribution is 2.15. The molecule has 3 N–H and O–H groups in total. The van der Waals surface area contributed by atoms with Crippen LogP contribution in [0.25, 0.3) is 0 Å². The molecule has 1 rings (SSSR count). The molecule has 0 aliphatic heterocycles. The number of rotatable bonds is 3. The molecule has 0 spiro atoms. The molecule has 70 valence electrons. The maximum Gasteiger partial charge on any atom is 0.305 e. The normalized spacial score (nSPS) is 12.5. The fourth-order valence-corrected chi connectivity index (χ4v) is 1.18. The quantitative estimate of drug-likeness (QED) is 0.643. The van der Waals surface area contributed by atoms with E-state index in [9.17, 15) is 4.79 Å². The van der Waals surface area contributed by atoms with Crippen LogP contribution in [0.4, 0.5) is 0 Å². The molecule has 0 aliphatic carbocycles. The zero-order valence-electron chi connectivity index (χ0n) is 6.97. The molecule has 1 atom stereocenters. The van der Waals surface area contributed by atoms with Gasteiger partial charge in [0, 0.05) is 10.9 Å². The first-order chi connectivity index (χ1) is 6.09. The summed E-state index contributed by atoms with van der Waals surface area (Å²) in [7, 11) is 0. The Morgan fingerprint density at radius 1 is 1.46 bits per heavy atom. The molecule has 0 amide bonds. The third-order valence-electron chi connectivity index (χ3n) is 1.72. The van der Waals surface area contributed by atoms with Gasteiger partial charge in [0.05, 0.1) is 6.42 Å². The Balaban J connectivity index is 2.71. The summed E-state index contributed by atoms with van der Waals surface area (Å²) in [4.78, 5) is 11.2. The molecule has 3 nitrogen and oxygen atoms in total. The van der Waals surface area contributed by atoms with Crippen LogP contribution in [0.5, 0.6) is 0 Å². The maximum atomic E-state index is 10.4. The van der Waals surface area contributed by atoms with Crippen LogP contribution in [0.3, 0.4) is 0 Å². The standard InChI is InChI=1S/C9H11NO2S/c10-8(5-9(11)12)6-1-3-7(13)4-2-6/h1-4,8,13H,5,10H2,(H,11,12). The summed E-state index contributed by atoms with van der Waals surface area (Å²) >= 11 is 4.11. The minimum Gasteiger partial charge on any atom is -0.481 e. The zero-order chi connectivity index (χ0) is 9.84. The first kappa shape index (κ1) is 10.1. The molecule has 1 aromatic carbocycles. The third kappa shape index (κ3) is 3.08. The summed E-state index contributed by atoms with van der Waals surface area (Å²) < 4.78 is 0. The van der Waals surface area contributed by atoms with E-state index in [1.54, 1.807) is 24.3 Å². The van der Waals surface area contributed by atoms with Crippen LogP contribution in [0, 0.1) is 0 Å². The average Bonchev–Trinajstić information content (AvgIpc) is 2.04. The largest absolute Gasteiger partial charge is 0.481 e. The van der Waals surface area contributed by atoms with Crippen molar-refractivity contribution in [3.05, 3.63) is 29.8 Å². The summed E-state index contributed by atoms with van der Waals surface area (Å²) in [5.41, 5.74) is 6.46. The number of nitrogens with two attached hydrogens (primary N) is 1. The van der Waals surface area contributed by atoms with Gasteiger partial charge in [-0.15, -0.1) is 12.6 Å². The molecule has 0 aliphatic rings. The smallest absolute Gasteiger partial charge is 0.305 e. The van der Waals surface area contributed by atoms with Gasteiger partial charge in [0.1, 0.15) is 0 Å². The van der Waals surface area contributed by atoms with Crippen molar-refractivity contribution < 1.29 is 9.90 Å². The third-order valence-corrected chi connectivity index (χ3v) is 2.01. The molecular formula is C9H11NO2S. The van der Waals surface area contributed by atoms with Crippen LogP contribution in [-0.2, 0) is 4.79 Å². The molecule has 13 heavy (non-hydrogen) atoms.